The molecule has 128 valence electrons. The van der Waals surface area contributed by atoms with Crippen molar-refractivity contribution in [3.63, 3.8) is 0 Å². The average Bonchev–Trinajstić information content (AvgIpc) is 2.51. The molecule has 0 aromatic heterocycles. The first-order valence-corrected chi connectivity index (χ1v) is 8.01. The van der Waals surface area contributed by atoms with E-state index < -0.39 is 0 Å². The summed E-state index contributed by atoms with van der Waals surface area (Å²) in [4.78, 5) is 22.9. The number of hydrazine groups is 1. The summed E-state index contributed by atoms with van der Waals surface area (Å²) < 4.78 is 10.5. The van der Waals surface area contributed by atoms with Crippen LogP contribution in [0.3, 0.4) is 0 Å². The molecule has 0 aliphatic carbocycles. The average molecular weight is 363 g/mol. The van der Waals surface area contributed by atoms with Crippen molar-refractivity contribution in [3.8, 4) is 5.75 Å². The highest BCUT2D eigenvalue weighted by molar-refractivity contribution is 6.35. The van der Waals surface area contributed by atoms with Gasteiger partial charge in [0.1, 0.15) is 5.75 Å². The van der Waals surface area contributed by atoms with Crippen LogP contribution in [0, 0.1) is 0 Å². The van der Waals surface area contributed by atoms with Crippen molar-refractivity contribution in [1.82, 2.24) is 10.9 Å². The Kier molecular flexibility index (Phi) is 9.43. The molecule has 0 heterocycles. The second kappa shape index (κ2) is 11.1. The topological polar surface area (TPSA) is 76.7 Å². The van der Waals surface area contributed by atoms with E-state index in [1.54, 1.807) is 18.2 Å². The molecule has 0 fully saturated rings. The summed E-state index contributed by atoms with van der Waals surface area (Å²) in [5, 5.41) is 0.949. The van der Waals surface area contributed by atoms with Gasteiger partial charge >= 0.3 is 0 Å². The maximum atomic E-state index is 11.5. The summed E-state index contributed by atoms with van der Waals surface area (Å²) in [6.45, 7) is 3.05. The number of halogens is 2. The lowest BCUT2D eigenvalue weighted by atomic mass is 10.3. The standard InChI is InChI=1S/C15H20Cl2N2O4/c1-2-22-9-7-15(21)19-18-14(20)4-3-8-23-13-6-5-11(16)10-12(13)17/h5-6,10H,2-4,7-9H2,1H3,(H,18,20)(H,19,21). The van der Waals surface area contributed by atoms with E-state index in [2.05, 4.69) is 10.9 Å². The van der Waals surface area contributed by atoms with Gasteiger partial charge in [-0.2, -0.15) is 0 Å². The van der Waals surface area contributed by atoms with Crippen LogP contribution in [0.25, 0.3) is 0 Å². The molecule has 1 aromatic rings. The van der Waals surface area contributed by atoms with E-state index in [0.29, 0.717) is 42.0 Å². The van der Waals surface area contributed by atoms with E-state index in [9.17, 15) is 9.59 Å². The molecule has 1 rings (SSSR count). The molecular weight excluding hydrogens is 343 g/mol. The first-order valence-electron chi connectivity index (χ1n) is 7.26. The lowest BCUT2D eigenvalue weighted by Gasteiger charge is -2.09. The fraction of sp³-hybridized carbons (Fsp3) is 0.467. The quantitative estimate of drug-likeness (QED) is 0.523. The van der Waals surface area contributed by atoms with Crippen molar-refractivity contribution in [2.24, 2.45) is 0 Å². The van der Waals surface area contributed by atoms with Crippen LogP contribution in [0.15, 0.2) is 18.2 Å². The van der Waals surface area contributed by atoms with Crippen molar-refractivity contribution in [3.05, 3.63) is 28.2 Å². The number of hydrogen-bond acceptors (Lipinski definition) is 4. The van der Waals surface area contributed by atoms with Gasteiger partial charge < -0.3 is 9.47 Å². The van der Waals surface area contributed by atoms with Crippen LogP contribution in [0.1, 0.15) is 26.2 Å². The van der Waals surface area contributed by atoms with Crippen LogP contribution in [0.2, 0.25) is 10.0 Å². The summed E-state index contributed by atoms with van der Waals surface area (Å²) in [6.07, 6.45) is 0.906. The van der Waals surface area contributed by atoms with Gasteiger partial charge in [-0.3, -0.25) is 20.4 Å². The Balaban J connectivity index is 2.13. The second-order valence-electron chi connectivity index (χ2n) is 4.57. The molecule has 23 heavy (non-hydrogen) atoms. The minimum atomic E-state index is -0.295. The zero-order valence-electron chi connectivity index (χ0n) is 12.9. The number of carbonyl (C=O) groups excluding carboxylic acids is 2. The molecule has 0 spiro atoms. The summed E-state index contributed by atoms with van der Waals surface area (Å²) in [5.41, 5.74) is 4.65. The Morgan fingerprint density at radius 1 is 1.09 bits per heavy atom. The molecule has 0 saturated heterocycles. The molecule has 0 aliphatic heterocycles. The summed E-state index contributed by atoms with van der Waals surface area (Å²) in [5.74, 6) is -0.0720. The number of rotatable bonds is 9. The summed E-state index contributed by atoms with van der Waals surface area (Å²) >= 11 is 11.7. The molecule has 0 radical (unpaired) electrons. The summed E-state index contributed by atoms with van der Waals surface area (Å²) in [6, 6.07) is 4.93. The van der Waals surface area contributed by atoms with E-state index >= 15 is 0 Å². The van der Waals surface area contributed by atoms with Crippen molar-refractivity contribution in [2.45, 2.75) is 26.2 Å². The van der Waals surface area contributed by atoms with Crippen LogP contribution >= 0.6 is 23.2 Å². The van der Waals surface area contributed by atoms with E-state index in [-0.39, 0.29) is 24.7 Å². The van der Waals surface area contributed by atoms with E-state index in [1.807, 2.05) is 6.92 Å². The van der Waals surface area contributed by atoms with E-state index in [0.717, 1.165) is 0 Å². The fourth-order valence-electron chi connectivity index (χ4n) is 1.58. The highest BCUT2D eigenvalue weighted by atomic mass is 35.5. The maximum absolute atomic E-state index is 11.5. The SMILES string of the molecule is CCOCCC(=O)NNC(=O)CCCOc1ccc(Cl)cc1Cl. The van der Waals surface area contributed by atoms with E-state index in [4.69, 9.17) is 32.7 Å². The third kappa shape index (κ3) is 8.64. The van der Waals surface area contributed by atoms with Crippen LogP contribution in [0.4, 0.5) is 0 Å². The third-order valence-corrected chi connectivity index (χ3v) is 3.25. The van der Waals surface area contributed by atoms with Gasteiger partial charge in [-0.15, -0.1) is 0 Å². The number of nitrogens with one attached hydrogen (secondary N) is 2. The molecule has 8 heteroatoms. The van der Waals surface area contributed by atoms with Gasteiger partial charge in [0.2, 0.25) is 11.8 Å². The van der Waals surface area contributed by atoms with Crippen LogP contribution in [0.5, 0.6) is 5.75 Å². The number of hydrogen-bond donors (Lipinski definition) is 2. The molecule has 0 saturated carbocycles. The lowest BCUT2D eigenvalue weighted by Crippen LogP contribution is -2.41. The van der Waals surface area contributed by atoms with Crippen molar-refractivity contribution >= 4 is 35.0 Å². The first kappa shape index (κ1) is 19.5. The second-order valence-corrected chi connectivity index (χ2v) is 5.41. The van der Waals surface area contributed by atoms with Crippen LogP contribution in [-0.4, -0.2) is 31.6 Å². The zero-order valence-corrected chi connectivity index (χ0v) is 14.4. The number of carbonyl (C=O) groups is 2. The molecule has 0 aliphatic rings. The number of amides is 2. The van der Waals surface area contributed by atoms with Crippen molar-refractivity contribution in [2.75, 3.05) is 19.8 Å². The normalized spacial score (nSPS) is 10.2. The predicted molar refractivity (Wildman–Crippen MR) is 88.6 cm³/mol. The van der Waals surface area contributed by atoms with Gasteiger partial charge in [0, 0.05) is 18.1 Å². The molecule has 0 atom stereocenters. The maximum Gasteiger partial charge on any atom is 0.240 e. The minimum absolute atomic E-state index is 0.201. The molecule has 2 N–H and O–H groups in total. The molecular formula is C15H20Cl2N2O4. The molecule has 1 aromatic carbocycles. The highest BCUT2D eigenvalue weighted by Crippen LogP contribution is 2.27. The Labute approximate surface area is 145 Å². The van der Waals surface area contributed by atoms with Gasteiger partial charge in [-0.25, -0.2) is 0 Å². The van der Waals surface area contributed by atoms with Crippen LogP contribution < -0.4 is 15.6 Å². The summed E-state index contributed by atoms with van der Waals surface area (Å²) in [7, 11) is 0. The van der Waals surface area contributed by atoms with Gasteiger partial charge in [-0.1, -0.05) is 23.2 Å². The molecule has 6 nitrogen and oxygen atoms in total. The van der Waals surface area contributed by atoms with Gasteiger partial charge in [0.05, 0.1) is 24.7 Å². The third-order valence-electron chi connectivity index (χ3n) is 2.72. The highest BCUT2D eigenvalue weighted by Gasteiger charge is 2.06. The van der Waals surface area contributed by atoms with Crippen LogP contribution in [-0.2, 0) is 14.3 Å². The van der Waals surface area contributed by atoms with Gasteiger partial charge in [-0.05, 0) is 31.5 Å². The lowest BCUT2D eigenvalue weighted by molar-refractivity contribution is -0.129. The largest absolute Gasteiger partial charge is 0.492 e. The van der Waals surface area contributed by atoms with Gasteiger partial charge in [0.25, 0.3) is 0 Å². The molecule has 0 unspecified atom stereocenters. The Morgan fingerprint density at radius 3 is 2.43 bits per heavy atom. The van der Waals surface area contributed by atoms with E-state index in [1.165, 1.54) is 0 Å². The first-order chi connectivity index (χ1) is 11.0. The zero-order chi connectivity index (χ0) is 17.1. The Bertz CT molecular complexity index is 526. The predicted octanol–water partition coefficient (Wildman–Crippen LogP) is 2.73. The van der Waals surface area contributed by atoms with Crippen molar-refractivity contribution < 1.29 is 19.1 Å². The molecule has 0 bridgehead atoms. The smallest absolute Gasteiger partial charge is 0.240 e. The number of benzene rings is 1. The minimum Gasteiger partial charge on any atom is -0.492 e. The number of ether oxygens (including phenoxy) is 2. The fourth-order valence-corrected chi connectivity index (χ4v) is 2.04. The van der Waals surface area contributed by atoms with Gasteiger partial charge in [0.15, 0.2) is 0 Å². The molecule has 2 amide bonds. The monoisotopic (exact) mass is 362 g/mol. The Morgan fingerprint density at radius 2 is 1.78 bits per heavy atom. The van der Waals surface area contributed by atoms with Crippen molar-refractivity contribution in [1.29, 1.82) is 0 Å². The Hall–Kier alpha value is -1.50.